The second-order valence-electron chi connectivity index (χ2n) is 4.51. The van der Waals surface area contributed by atoms with Gasteiger partial charge in [0.2, 0.25) is 4.77 Å². The van der Waals surface area contributed by atoms with Crippen molar-refractivity contribution in [1.29, 1.82) is 0 Å². The van der Waals surface area contributed by atoms with Crippen molar-refractivity contribution in [3.63, 3.8) is 0 Å². The van der Waals surface area contributed by atoms with Crippen LogP contribution < -0.4 is 0 Å². The number of benzene rings is 1. The standard InChI is InChI=1S/C14H9Cl3N4S2/c15-10-3-4-11(16)13(17)9(10)7-18-21-12(19-20-14(21)22)6-8-2-1-5-23-8/h1-5,7H,6H2,(H,20,22)/b18-7-. The second-order valence-corrected chi connectivity index (χ2v) is 7.13. The Morgan fingerprint density at radius 1 is 1.26 bits per heavy atom. The van der Waals surface area contributed by atoms with Gasteiger partial charge in [0, 0.05) is 16.9 Å². The van der Waals surface area contributed by atoms with Crippen LogP contribution in [-0.2, 0) is 6.42 Å². The zero-order chi connectivity index (χ0) is 16.4. The van der Waals surface area contributed by atoms with E-state index in [1.54, 1.807) is 28.1 Å². The molecule has 118 valence electrons. The molecule has 0 spiro atoms. The molecule has 0 saturated heterocycles. The fourth-order valence-corrected chi connectivity index (χ4v) is 3.44. The predicted molar refractivity (Wildman–Crippen MR) is 99.0 cm³/mol. The summed E-state index contributed by atoms with van der Waals surface area (Å²) >= 11 is 25.2. The number of nitrogens with zero attached hydrogens (tertiary/aromatic N) is 3. The van der Waals surface area contributed by atoms with Crippen molar-refractivity contribution < 1.29 is 0 Å². The van der Waals surface area contributed by atoms with Crippen LogP contribution in [0.2, 0.25) is 15.1 Å². The zero-order valence-electron chi connectivity index (χ0n) is 11.5. The molecule has 0 atom stereocenters. The molecule has 0 saturated carbocycles. The van der Waals surface area contributed by atoms with Gasteiger partial charge in [0.1, 0.15) is 0 Å². The van der Waals surface area contributed by atoms with E-state index in [2.05, 4.69) is 15.3 Å². The number of H-pyrrole nitrogens is 1. The number of nitrogens with one attached hydrogen (secondary N) is 1. The number of aromatic amines is 1. The number of aromatic nitrogens is 3. The summed E-state index contributed by atoms with van der Waals surface area (Å²) in [4.78, 5) is 1.16. The maximum atomic E-state index is 6.17. The smallest absolute Gasteiger partial charge is 0.216 e. The molecule has 2 heterocycles. The minimum absolute atomic E-state index is 0.345. The third-order valence-electron chi connectivity index (χ3n) is 3.01. The monoisotopic (exact) mass is 402 g/mol. The molecule has 4 nitrogen and oxygen atoms in total. The molecule has 1 aromatic carbocycles. The van der Waals surface area contributed by atoms with E-state index in [1.165, 1.54) is 6.21 Å². The van der Waals surface area contributed by atoms with Crippen molar-refractivity contribution in [2.24, 2.45) is 5.10 Å². The minimum Gasteiger partial charge on any atom is -0.250 e. The van der Waals surface area contributed by atoms with Crippen LogP contribution >= 0.6 is 58.4 Å². The Hall–Kier alpha value is -1.18. The molecule has 0 radical (unpaired) electrons. The van der Waals surface area contributed by atoms with E-state index in [0.29, 0.717) is 37.6 Å². The van der Waals surface area contributed by atoms with Crippen molar-refractivity contribution >= 4 is 64.6 Å². The molecule has 3 aromatic rings. The molecular formula is C14H9Cl3N4S2. The van der Waals surface area contributed by atoms with Crippen LogP contribution in [0.25, 0.3) is 0 Å². The van der Waals surface area contributed by atoms with Crippen LogP contribution in [0.15, 0.2) is 34.7 Å². The molecule has 0 fully saturated rings. The summed E-state index contributed by atoms with van der Waals surface area (Å²) in [5, 5.41) is 14.5. The first-order valence-electron chi connectivity index (χ1n) is 6.43. The Morgan fingerprint density at radius 3 is 2.78 bits per heavy atom. The minimum atomic E-state index is 0.345. The highest BCUT2D eigenvalue weighted by Gasteiger charge is 2.10. The van der Waals surface area contributed by atoms with E-state index in [9.17, 15) is 0 Å². The van der Waals surface area contributed by atoms with Gasteiger partial charge >= 0.3 is 0 Å². The summed E-state index contributed by atoms with van der Waals surface area (Å²) in [6.45, 7) is 0. The number of halogens is 3. The number of rotatable bonds is 4. The van der Waals surface area contributed by atoms with Crippen LogP contribution in [0.3, 0.4) is 0 Å². The van der Waals surface area contributed by atoms with Crippen molar-refractivity contribution in [1.82, 2.24) is 14.9 Å². The fraction of sp³-hybridized carbons (Fsp3) is 0.0714. The highest BCUT2D eigenvalue weighted by Crippen LogP contribution is 2.30. The Kier molecular flexibility index (Phi) is 5.18. The van der Waals surface area contributed by atoms with Gasteiger partial charge in [-0.15, -0.1) is 11.3 Å². The van der Waals surface area contributed by atoms with Gasteiger partial charge in [-0.3, -0.25) is 5.10 Å². The summed E-state index contributed by atoms with van der Waals surface area (Å²) in [6.07, 6.45) is 2.15. The fourth-order valence-electron chi connectivity index (χ4n) is 1.90. The average Bonchev–Trinajstić information content (AvgIpc) is 3.15. The molecule has 2 aromatic heterocycles. The maximum Gasteiger partial charge on any atom is 0.216 e. The van der Waals surface area contributed by atoms with E-state index in [4.69, 9.17) is 47.0 Å². The van der Waals surface area contributed by atoms with Crippen LogP contribution in [0, 0.1) is 4.77 Å². The molecule has 3 rings (SSSR count). The van der Waals surface area contributed by atoms with Gasteiger partial charge in [-0.25, -0.2) is 0 Å². The summed E-state index contributed by atoms with van der Waals surface area (Å²) < 4.78 is 1.94. The van der Waals surface area contributed by atoms with Gasteiger partial charge in [0.25, 0.3) is 0 Å². The highest BCUT2D eigenvalue weighted by atomic mass is 35.5. The molecule has 0 aliphatic rings. The number of thiophene rings is 1. The van der Waals surface area contributed by atoms with Crippen molar-refractivity contribution in [3.05, 3.63) is 65.7 Å². The van der Waals surface area contributed by atoms with Gasteiger partial charge in [0.15, 0.2) is 5.82 Å². The van der Waals surface area contributed by atoms with E-state index < -0.39 is 0 Å². The molecule has 9 heteroatoms. The molecule has 0 aliphatic heterocycles. The van der Waals surface area contributed by atoms with Gasteiger partial charge in [-0.05, 0) is 35.8 Å². The van der Waals surface area contributed by atoms with Gasteiger partial charge in [0.05, 0.1) is 21.3 Å². The first-order chi connectivity index (χ1) is 11.1. The lowest BCUT2D eigenvalue weighted by Crippen LogP contribution is -2.00. The van der Waals surface area contributed by atoms with Gasteiger partial charge < -0.3 is 0 Å². The molecule has 0 unspecified atom stereocenters. The number of hydrogen-bond donors (Lipinski definition) is 1. The predicted octanol–water partition coefficient (Wildman–Crippen LogP) is 5.44. The molecule has 0 aliphatic carbocycles. The molecule has 1 N–H and O–H groups in total. The second kappa shape index (κ2) is 7.15. The van der Waals surface area contributed by atoms with E-state index in [-0.39, 0.29) is 0 Å². The summed E-state index contributed by atoms with van der Waals surface area (Å²) in [6, 6.07) is 7.31. The van der Waals surface area contributed by atoms with Crippen molar-refractivity contribution in [2.45, 2.75) is 6.42 Å². The first kappa shape index (κ1) is 16.7. The Bertz CT molecular complexity index is 913. The van der Waals surface area contributed by atoms with Crippen LogP contribution in [0.4, 0.5) is 0 Å². The lowest BCUT2D eigenvalue weighted by molar-refractivity contribution is 0.795. The maximum absolute atomic E-state index is 6.17. The molecule has 0 amide bonds. The lowest BCUT2D eigenvalue weighted by atomic mass is 10.2. The topological polar surface area (TPSA) is 46.0 Å². The van der Waals surface area contributed by atoms with Crippen molar-refractivity contribution in [2.75, 3.05) is 0 Å². The van der Waals surface area contributed by atoms with Gasteiger partial charge in [-0.1, -0.05) is 40.9 Å². The summed E-state index contributed by atoms with van der Waals surface area (Å²) in [5.41, 5.74) is 0.533. The average molecular weight is 404 g/mol. The van der Waals surface area contributed by atoms with E-state index >= 15 is 0 Å². The van der Waals surface area contributed by atoms with Crippen LogP contribution in [-0.4, -0.2) is 21.1 Å². The Morgan fingerprint density at radius 2 is 2.04 bits per heavy atom. The van der Waals surface area contributed by atoms with E-state index in [1.807, 2.05) is 17.5 Å². The van der Waals surface area contributed by atoms with Gasteiger partial charge in [-0.2, -0.15) is 14.9 Å². The summed E-state index contributed by atoms with van der Waals surface area (Å²) in [7, 11) is 0. The quantitative estimate of drug-likeness (QED) is 0.358. The third kappa shape index (κ3) is 3.67. The molecule has 0 bridgehead atoms. The first-order valence-corrected chi connectivity index (χ1v) is 8.85. The highest BCUT2D eigenvalue weighted by molar-refractivity contribution is 7.71. The van der Waals surface area contributed by atoms with Crippen LogP contribution in [0.5, 0.6) is 0 Å². The third-order valence-corrected chi connectivity index (χ3v) is 5.30. The SMILES string of the molecule is S=c1[nH]nc(Cc2cccs2)n1/N=C\c1c(Cl)ccc(Cl)c1Cl. The lowest BCUT2D eigenvalue weighted by Gasteiger charge is -2.04. The molecular weight excluding hydrogens is 395 g/mol. The zero-order valence-corrected chi connectivity index (χ0v) is 15.4. The summed E-state index contributed by atoms with van der Waals surface area (Å²) in [5.74, 6) is 0.697. The van der Waals surface area contributed by atoms with Crippen LogP contribution in [0.1, 0.15) is 16.3 Å². The Balaban J connectivity index is 1.96. The Labute approximate surface area is 156 Å². The van der Waals surface area contributed by atoms with Crippen molar-refractivity contribution in [3.8, 4) is 0 Å². The van der Waals surface area contributed by atoms with E-state index in [0.717, 1.165) is 4.88 Å². The largest absolute Gasteiger partial charge is 0.250 e. The molecule has 23 heavy (non-hydrogen) atoms. The normalized spacial score (nSPS) is 11.4. The number of hydrogen-bond acceptors (Lipinski definition) is 4.